The summed E-state index contributed by atoms with van der Waals surface area (Å²) in [5.41, 5.74) is 3.84. The normalized spacial score (nSPS) is 15.9. The first-order valence-corrected chi connectivity index (χ1v) is 11.4. The van der Waals surface area contributed by atoms with Gasteiger partial charge < -0.3 is 19.4 Å². The highest BCUT2D eigenvalue weighted by atomic mass is 16.5. The van der Waals surface area contributed by atoms with Crippen LogP contribution in [-0.4, -0.2) is 46.2 Å². The van der Waals surface area contributed by atoms with Crippen molar-refractivity contribution in [3.63, 3.8) is 0 Å². The predicted molar refractivity (Wildman–Crippen MR) is 137 cm³/mol. The van der Waals surface area contributed by atoms with E-state index in [0.29, 0.717) is 35.3 Å². The number of anilines is 1. The minimum Gasteiger partial charge on any atom is -0.462 e. The fourth-order valence-corrected chi connectivity index (χ4v) is 4.02. The molecule has 0 atom stereocenters. The molecule has 3 heterocycles. The second-order valence-corrected chi connectivity index (χ2v) is 9.15. The van der Waals surface area contributed by atoms with E-state index in [9.17, 15) is 9.59 Å². The molecule has 7 heteroatoms. The zero-order chi connectivity index (χ0) is 24.6. The lowest BCUT2D eigenvalue weighted by atomic mass is 10.0. The Morgan fingerprint density at radius 2 is 1.69 bits per heavy atom. The monoisotopic (exact) mass is 466 g/mol. The zero-order valence-electron chi connectivity index (χ0n) is 19.9. The molecule has 1 amide bonds. The second-order valence-electron chi connectivity index (χ2n) is 9.15. The number of fused-ring (bicyclic) bond motifs is 1. The fourth-order valence-electron chi connectivity index (χ4n) is 4.02. The molecule has 0 radical (unpaired) electrons. The summed E-state index contributed by atoms with van der Waals surface area (Å²) >= 11 is 0. The molecule has 0 bridgehead atoms. The van der Waals surface area contributed by atoms with Crippen LogP contribution in [0, 0.1) is 0 Å². The van der Waals surface area contributed by atoms with Crippen LogP contribution in [0.15, 0.2) is 90.1 Å². The standard InChI is InChI=1S/C28H26N4O3/c1-28(2)18-35-27(31(28)3)30-21-14-12-20(13-15-21)29-26(34)25(33)24-23(19-9-5-4-6-10-19)17-22-11-7-8-16-32(22)24/h4-17H,18H2,1-3H3,(H,29,34). The number of nitrogens with zero attached hydrogens (tertiary/aromatic N) is 3. The summed E-state index contributed by atoms with van der Waals surface area (Å²) in [5.74, 6) is -1.31. The number of nitrogens with one attached hydrogen (secondary N) is 1. The number of Topliss-reactive ketones (excluding diaryl/α,β-unsaturated/α-hetero) is 1. The summed E-state index contributed by atoms with van der Waals surface area (Å²) in [4.78, 5) is 32.9. The van der Waals surface area contributed by atoms with Gasteiger partial charge in [0.15, 0.2) is 0 Å². The molecule has 1 fully saturated rings. The summed E-state index contributed by atoms with van der Waals surface area (Å²) in [5, 5.41) is 2.72. The van der Waals surface area contributed by atoms with Gasteiger partial charge in [-0.15, -0.1) is 0 Å². The van der Waals surface area contributed by atoms with Gasteiger partial charge in [-0.1, -0.05) is 36.4 Å². The first-order valence-electron chi connectivity index (χ1n) is 11.4. The molecule has 5 rings (SSSR count). The molecule has 0 spiro atoms. The molecule has 0 saturated carbocycles. The van der Waals surface area contributed by atoms with E-state index in [2.05, 4.69) is 24.2 Å². The Balaban J connectivity index is 1.38. The first kappa shape index (κ1) is 22.4. The Bertz CT molecular complexity index is 1440. The zero-order valence-corrected chi connectivity index (χ0v) is 19.9. The maximum atomic E-state index is 13.3. The third-order valence-electron chi connectivity index (χ3n) is 6.29. The van der Waals surface area contributed by atoms with Crippen molar-refractivity contribution in [1.82, 2.24) is 9.30 Å². The van der Waals surface area contributed by atoms with E-state index < -0.39 is 11.7 Å². The Morgan fingerprint density at radius 3 is 2.37 bits per heavy atom. The van der Waals surface area contributed by atoms with Crippen molar-refractivity contribution in [3.8, 4) is 11.1 Å². The van der Waals surface area contributed by atoms with E-state index in [4.69, 9.17) is 4.74 Å². The van der Waals surface area contributed by atoms with Gasteiger partial charge >= 0.3 is 0 Å². The van der Waals surface area contributed by atoms with Gasteiger partial charge in [0.2, 0.25) is 0 Å². The summed E-state index contributed by atoms with van der Waals surface area (Å²) in [6, 6.07) is 24.7. The van der Waals surface area contributed by atoms with Crippen molar-refractivity contribution in [2.24, 2.45) is 4.99 Å². The van der Waals surface area contributed by atoms with Crippen LogP contribution in [0.3, 0.4) is 0 Å². The van der Waals surface area contributed by atoms with Gasteiger partial charge in [-0.2, -0.15) is 4.99 Å². The van der Waals surface area contributed by atoms with Crippen molar-refractivity contribution in [2.45, 2.75) is 19.4 Å². The highest BCUT2D eigenvalue weighted by molar-refractivity contribution is 6.47. The number of rotatable bonds is 5. The fraction of sp³-hybridized carbons (Fsp3) is 0.179. The minimum absolute atomic E-state index is 0.116. The molecule has 1 aliphatic rings. The van der Waals surface area contributed by atoms with Gasteiger partial charge in [0, 0.05) is 30.0 Å². The number of ether oxygens (including phenoxy) is 1. The molecule has 2 aromatic heterocycles. The third-order valence-corrected chi connectivity index (χ3v) is 6.29. The SMILES string of the molecule is CN1C(=Nc2ccc(NC(=O)C(=O)c3c(-c4ccccc4)cc4ccccn34)cc2)OCC1(C)C. The Morgan fingerprint density at radius 1 is 0.971 bits per heavy atom. The van der Waals surface area contributed by atoms with Gasteiger partial charge in [0.05, 0.1) is 11.2 Å². The molecule has 4 aromatic rings. The van der Waals surface area contributed by atoms with Crippen LogP contribution in [0.5, 0.6) is 0 Å². The number of amides is 1. The van der Waals surface area contributed by atoms with Crippen LogP contribution < -0.4 is 5.32 Å². The van der Waals surface area contributed by atoms with Gasteiger partial charge in [-0.05, 0) is 61.9 Å². The molecule has 35 heavy (non-hydrogen) atoms. The molecule has 1 N–H and O–H groups in total. The van der Waals surface area contributed by atoms with E-state index >= 15 is 0 Å². The smallest absolute Gasteiger partial charge is 0.298 e. The number of carbonyl (C=O) groups is 2. The van der Waals surface area contributed by atoms with Crippen LogP contribution in [0.1, 0.15) is 24.3 Å². The molecular weight excluding hydrogens is 440 g/mol. The molecule has 176 valence electrons. The van der Waals surface area contributed by atoms with E-state index in [0.717, 1.165) is 11.1 Å². The Hall–Kier alpha value is -4.39. The lowest BCUT2D eigenvalue weighted by Gasteiger charge is -2.24. The molecule has 0 aliphatic carbocycles. The van der Waals surface area contributed by atoms with Crippen LogP contribution in [0.2, 0.25) is 0 Å². The number of aromatic nitrogens is 1. The third kappa shape index (κ3) is 4.28. The lowest BCUT2D eigenvalue weighted by molar-refractivity contribution is -0.112. The van der Waals surface area contributed by atoms with Crippen molar-refractivity contribution < 1.29 is 14.3 Å². The second kappa shape index (κ2) is 8.76. The maximum absolute atomic E-state index is 13.3. The minimum atomic E-state index is -0.703. The van der Waals surface area contributed by atoms with Gasteiger partial charge in [-0.25, -0.2) is 0 Å². The molecule has 1 saturated heterocycles. The van der Waals surface area contributed by atoms with Gasteiger partial charge in [0.25, 0.3) is 17.7 Å². The molecule has 2 aromatic carbocycles. The number of carbonyl (C=O) groups excluding carboxylic acids is 2. The number of hydrogen-bond acceptors (Lipinski definition) is 4. The number of aliphatic imine (C=N–C) groups is 1. The van der Waals surface area contributed by atoms with Crippen LogP contribution >= 0.6 is 0 Å². The summed E-state index contributed by atoms with van der Waals surface area (Å²) in [7, 11) is 1.95. The summed E-state index contributed by atoms with van der Waals surface area (Å²) in [6.45, 7) is 4.74. The van der Waals surface area contributed by atoms with E-state index in [-0.39, 0.29) is 5.54 Å². The van der Waals surface area contributed by atoms with Crippen LogP contribution in [-0.2, 0) is 9.53 Å². The quantitative estimate of drug-likeness (QED) is 0.326. The number of likely N-dealkylation sites (N-methyl/N-ethyl adjacent to an activating group) is 1. The van der Waals surface area contributed by atoms with Crippen molar-refractivity contribution in [1.29, 1.82) is 0 Å². The van der Waals surface area contributed by atoms with Gasteiger partial charge in [-0.3, -0.25) is 9.59 Å². The summed E-state index contributed by atoms with van der Waals surface area (Å²) < 4.78 is 7.45. The molecule has 0 unspecified atom stereocenters. The van der Waals surface area contributed by atoms with Crippen molar-refractivity contribution in [2.75, 3.05) is 19.0 Å². The molecule has 7 nitrogen and oxygen atoms in total. The summed E-state index contributed by atoms with van der Waals surface area (Å²) in [6.07, 6.45) is 1.79. The van der Waals surface area contributed by atoms with Crippen LogP contribution in [0.4, 0.5) is 11.4 Å². The number of pyridine rings is 1. The number of ketones is 1. The predicted octanol–water partition coefficient (Wildman–Crippen LogP) is 5.16. The average Bonchev–Trinajstić information content (AvgIpc) is 3.38. The Kier molecular flexibility index (Phi) is 5.61. The van der Waals surface area contributed by atoms with Crippen LogP contribution in [0.25, 0.3) is 16.6 Å². The Labute approximate surface area is 203 Å². The molecule has 1 aliphatic heterocycles. The first-order chi connectivity index (χ1) is 16.8. The van der Waals surface area contributed by atoms with E-state index in [1.165, 1.54) is 0 Å². The molecular formula is C28H26N4O3. The average molecular weight is 467 g/mol. The number of amidine groups is 1. The maximum Gasteiger partial charge on any atom is 0.298 e. The number of benzene rings is 2. The van der Waals surface area contributed by atoms with Crippen molar-refractivity contribution in [3.05, 3.63) is 90.8 Å². The van der Waals surface area contributed by atoms with Gasteiger partial charge in [0.1, 0.15) is 12.3 Å². The van der Waals surface area contributed by atoms with E-state index in [1.807, 2.05) is 66.5 Å². The largest absolute Gasteiger partial charge is 0.462 e. The number of hydrogen-bond donors (Lipinski definition) is 1. The van der Waals surface area contributed by atoms with E-state index in [1.54, 1.807) is 34.9 Å². The topological polar surface area (TPSA) is 75.4 Å². The lowest BCUT2D eigenvalue weighted by Crippen LogP contribution is -2.38. The highest BCUT2D eigenvalue weighted by Crippen LogP contribution is 2.29. The van der Waals surface area contributed by atoms with Crippen molar-refractivity contribution >= 4 is 34.6 Å². The highest BCUT2D eigenvalue weighted by Gasteiger charge is 2.35.